The molecule has 0 aliphatic rings. The Labute approximate surface area is 121 Å². The van der Waals surface area contributed by atoms with E-state index in [1.54, 1.807) is 6.26 Å². The lowest BCUT2D eigenvalue weighted by Crippen LogP contribution is -2.19. The Bertz CT molecular complexity index is 505. The molecule has 108 valence electrons. The molecular formula is C17H23NO2. The summed E-state index contributed by atoms with van der Waals surface area (Å²) in [6, 6.07) is 12.4. The molecule has 2 rings (SSSR count). The Morgan fingerprint density at radius 3 is 2.60 bits per heavy atom. The third kappa shape index (κ3) is 3.87. The van der Waals surface area contributed by atoms with Crippen LogP contribution in [0.2, 0.25) is 0 Å². The van der Waals surface area contributed by atoms with Crippen LogP contribution in [-0.2, 0) is 6.42 Å². The molecule has 0 aliphatic carbocycles. The van der Waals surface area contributed by atoms with Gasteiger partial charge in [0.25, 0.3) is 0 Å². The van der Waals surface area contributed by atoms with Crippen molar-refractivity contribution in [3.63, 3.8) is 0 Å². The molecule has 0 saturated carbocycles. The highest BCUT2D eigenvalue weighted by molar-refractivity contribution is 5.36. The van der Waals surface area contributed by atoms with Crippen molar-refractivity contribution in [2.24, 2.45) is 0 Å². The average Bonchev–Trinajstić information content (AvgIpc) is 2.94. The maximum Gasteiger partial charge on any atom is 0.124 e. The Morgan fingerprint density at radius 2 is 1.95 bits per heavy atom. The van der Waals surface area contributed by atoms with Gasteiger partial charge < -0.3 is 14.5 Å². The molecule has 0 saturated heterocycles. The van der Waals surface area contributed by atoms with Crippen molar-refractivity contribution in [2.75, 3.05) is 7.05 Å². The van der Waals surface area contributed by atoms with E-state index >= 15 is 0 Å². The second kappa shape index (κ2) is 7.15. The molecule has 3 heteroatoms. The SMILES string of the molecule is CNC(CCc1ccco1)c1ccccc1OC(C)C. The summed E-state index contributed by atoms with van der Waals surface area (Å²) in [5.41, 5.74) is 1.20. The Hall–Kier alpha value is -1.74. The predicted molar refractivity (Wildman–Crippen MR) is 81.0 cm³/mol. The highest BCUT2D eigenvalue weighted by Gasteiger charge is 2.15. The van der Waals surface area contributed by atoms with Gasteiger partial charge in [-0.05, 0) is 45.5 Å². The zero-order chi connectivity index (χ0) is 14.4. The van der Waals surface area contributed by atoms with Crippen LogP contribution >= 0.6 is 0 Å². The predicted octanol–water partition coefficient (Wildman–Crippen LogP) is 3.96. The topological polar surface area (TPSA) is 34.4 Å². The fourth-order valence-electron chi connectivity index (χ4n) is 2.33. The van der Waals surface area contributed by atoms with E-state index in [0.717, 1.165) is 24.4 Å². The Balaban J connectivity index is 2.10. The number of hydrogen-bond donors (Lipinski definition) is 1. The van der Waals surface area contributed by atoms with Gasteiger partial charge in [0, 0.05) is 18.0 Å². The summed E-state index contributed by atoms with van der Waals surface area (Å²) in [5, 5.41) is 3.37. The molecule has 1 aromatic carbocycles. The summed E-state index contributed by atoms with van der Waals surface area (Å²) >= 11 is 0. The second-order valence-corrected chi connectivity index (χ2v) is 5.16. The van der Waals surface area contributed by atoms with E-state index in [1.807, 2.05) is 45.2 Å². The van der Waals surface area contributed by atoms with Gasteiger partial charge in [-0.25, -0.2) is 0 Å². The number of ether oxygens (including phenoxy) is 1. The number of hydrogen-bond acceptors (Lipinski definition) is 3. The first-order chi connectivity index (χ1) is 9.70. The molecule has 2 aromatic rings. The normalized spacial score (nSPS) is 12.6. The fraction of sp³-hybridized carbons (Fsp3) is 0.412. The summed E-state index contributed by atoms with van der Waals surface area (Å²) in [7, 11) is 1.99. The molecular weight excluding hydrogens is 250 g/mol. The third-order valence-electron chi connectivity index (χ3n) is 3.27. The zero-order valence-electron chi connectivity index (χ0n) is 12.4. The molecule has 0 aliphatic heterocycles. The first-order valence-corrected chi connectivity index (χ1v) is 7.16. The van der Waals surface area contributed by atoms with Gasteiger partial charge >= 0.3 is 0 Å². The Kier molecular flexibility index (Phi) is 5.24. The average molecular weight is 273 g/mol. The van der Waals surface area contributed by atoms with Crippen molar-refractivity contribution in [1.29, 1.82) is 0 Å². The minimum Gasteiger partial charge on any atom is -0.491 e. The van der Waals surface area contributed by atoms with Crippen LogP contribution in [0.15, 0.2) is 47.1 Å². The number of benzene rings is 1. The molecule has 0 spiro atoms. The summed E-state index contributed by atoms with van der Waals surface area (Å²) < 4.78 is 11.3. The second-order valence-electron chi connectivity index (χ2n) is 5.16. The van der Waals surface area contributed by atoms with Crippen LogP contribution < -0.4 is 10.1 Å². The number of rotatable bonds is 7. The van der Waals surface area contributed by atoms with Gasteiger partial charge in [0.1, 0.15) is 11.5 Å². The molecule has 0 amide bonds. The van der Waals surface area contributed by atoms with Crippen molar-refractivity contribution in [1.82, 2.24) is 5.32 Å². The van der Waals surface area contributed by atoms with Crippen LogP contribution in [0, 0.1) is 0 Å². The third-order valence-corrected chi connectivity index (χ3v) is 3.27. The van der Waals surface area contributed by atoms with E-state index in [4.69, 9.17) is 9.15 Å². The van der Waals surface area contributed by atoms with Crippen molar-refractivity contribution in [3.05, 3.63) is 54.0 Å². The molecule has 3 nitrogen and oxygen atoms in total. The summed E-state index contributed by atoms with van der Waals surface area (Å²) in [6.45, 7) is 4.10. The molecule has 0 fully saturated rings. The smallest absolute Gasteiger partial charge is 0.124 e. The van der Waals surface area contributed by atoms with Gasteiger partial charge in [0.2, 0.25) is 0 Å². The standard InChI is InChI=1S/C17H23NO2/c1-13(2)20-17-9-5-4-8-15(17)16(18-3)11-10-14-7-6-12-19-14/h4-9,12-13,16,18H,10-11H2,1-3H3. The van der Waals surface area contributed by atoms with Gasteiger partial charge in [0.15, 0.2) is 0 Å². The molecule has 1 N–H and O–H groups in total. The lowest BCUT2D eigenvalue weighted by Gasteiger charge is -2.21. The van der Waals surface area contributed by atoms with Crippen LogP contribution in [0.5, 0.6) is 5.75 Å². The zero-order valence-corrected chi connectivity index (χ0v) is 12.4. The maximum absolute atomic E-state index is 5.90. The van der Waals surface area contributed by atoms with E-state index < -0.39 is 0 Å². The van der Waals surface area contributed by atoms with Crippen LogP contribution in [0.4, 0.5) is 0 Å². The molecule has 0 radical (unpaired) electrons. The minimum absolute atomic E-state index is 0.179. The largest absolute Gasteiger partial charge is 0.491 e. The summed E-state index contributed by atoms with van der Waals surface area (Å²) in [6.07, 6.45) is 3.79. The van der Waals surface area contributed by atoms with Gasteiger partial charge in [-0.2, -0.15) is 0 Å². The molecule has 20 heavy (non-hydrogen) atoms. The lowest BCUT2D eigenvalue weighted by molar-refractivity contribution is 0.237. The van der Waals surface area contributed by atoms with E-state index in [-0.39, 0.29) is 12.1 Å². The number of para-hydroxylation sites is 1. The van der Waals surface area contributed by atoms with Gasteiger partial charge in [-0.1, -0.05) is 18.2 Å². The number of furan rings is 1. The fourth-order valence-corrected chi connectivity index (χ4v) is 2.33. The minimum atomic E-state index is 0.179. The number of aryl methyl sites for hydroxylation is 1. The van der Waals surface area contributed by atoms with Crippen LogP contribution in [0.25, 0.3) is 0 Å². The molecule has 1 unspecified atom stereocenters. The van der Waals surface area contributed by atoms with Gasteiger partial charge in [-0.3, -0.25) is 0 Å². The van der Waals surface area contributed by atoms with Gasteiger partial charge in [-0.15, -0.1) is 0 Å². The van der Waals surface area contributed by atoms with E-state index in [1.165, 1.54) is 5.56 Å². The van der Waals surface area contributed by atoms with Crippen molar-refractivity contribution in [2.45, 2.75) is 38.8 Å². The highest BCUT2D eigenvalue weighted by Crippen LogP contribution is 2.28. The maximum atomic E-state index is 5.90. The lowest BCUT2D eigenvalue weighted by atomic mass is 10.0. The quantitative estimate of drug-likeness (QED) is 0.829. The molecule has 1 aromatic heterocycles. The Morgan fingerprint density at radius 1 is 1.15 bits per heavy atom. The molecule has 1 atom stereocenters. The van der Waals surface area contributed by atoms with E-state index in [2.05, 4.69) is 17.4 Å². The van der Waals surface area contributed by atoms with E-state index in [0.29, 0.717) is 0 Å². The highest BCUT2D eigenvalue weighted by atomic mass is 16.5. The number of nitrogens with one attached hydrogen (secondary N) is 1. The first-order valence-electron chi connectivity index (χ1n) is 7.16. The van der Waals surface area contributed by atoms with Crippen molar-refractivity contribution >= 4 is 0 Å². The first kappa shape index (κ1) is 14.7. The summed E-state index contributed by atoms with van der Waals surface area (Å²) in [5.74, 6) is 1.98. The van der Waals surface area contributed by atoms with Crippen LogP contribution in [0.3, 0.4) is 0 Å². The van der Waals surface area contributed by atoms with Crippen molar-refractivity contribution < 1.29 is 9.15 Å². The van der Waals surface area contributed by atoms with Gasteiger partial charge in [0.05, 0.1) is 12.4 Å². The summed E-state index contributed by atoms with van der Waals surface area (Å²) in [4.78, 5) is 0. The molecule has 1 heterocycles. The monoisotopic (exact) mass is 273 g/mol. The molecule has 0 bridgehead atoms. The van der Waals surface area contributed by atoms with Crippen LogP contribution in [-0.4, -0.2) is 13.2 Å². The van der Waals surface area contributed by atoms with Crippen LogP contribution in [0.1, 0.15) is 37.6 Å². The van der Waals surface area contributed by atoms with Crippen molar-refractivity contribution in [3.8, 4) is 5.75 Å². The van der Waals surface area contributed by atoms with E-state index in [9.17, 15) is 0 Å².